The summed E-state index contributed by atoms with van der Waals surface area (Å²) < 4.78 is 76.8. The van der Waals surface area contributed by atoms with Crippen molar-refractivity contribution in [2.24, 2.45) is 0 Å². The number of rotatable bonds is 7. The molecule has 6 rings (SSSR count). The van der Waals surface area contributed by atoms with E-state index in [1.54, 1.807) is 56.3 Å². The van der Waals surface area contributed by atoms with Gasteiger partial charge in [-0.3, -0.25) is 9.59 Å². The van der Waals surface area contributed by atoms with Crippen LogP contribution >= 0.6 is 57.5 Å². The van der Waals surface area contributed by atoms with Crippen LogP contribution < -0.4 is 23.5 Å². The molecule has 3 N–H and O–H groups in total. The molecule has 2 aromatic heterocycles. The van der Waals surface area contributed by atoms with Crippen LogP contribution in [0.1, 0.15) is 53.6 Å². The predicted octanol–water partition coefficient (Wildman–Crippen LogP) is 9.60. The number of amides is 1. The van der Waals surface area contributed by atoms with Crippen molar-refractivity contribution in [3.63, 3.8) is 0 Å². The molecule has 0 atom stereocenters. The third kappa shape index (κ3) is 11.4. The number of hydrogen-bond donors (Lipinski definition) is 2. The van der Waals surface area contributed by atoms with Crippen LogP contribution in [0, 0.1) is 25.5 Å². The minimum atomic E-state index is -2.84. The molecular formula is C36H25Cl4F6N4O2S2-. The van der Waals surface area contributed by atoms with Gasteiger partial charge in [-0.1, -0.05) is 71.7 Å². The molecule has 0 aliphatic rings. The predicted molar refractivity (Wildman–Crippen MR) is 200 cm³/mol. The number of nitrogen functional groups attached to an aromatic ring is 1. The summed E-state index contributed by atoms with van der Waals surface area (Å²) in [6, 6.07) is 22.9. The molecule has 18 heteroatoms. The first-order valence-electron chi connectivity index (χ1n) is 14.9. The second-order valence-electron chi connectivity index (χ2n) is 10.6. The van der Waals surface area contributed by atoms with Gasteiger partial charge in [0.25, 0.3) is 24.0 Å². The smallest absolute Gasteiger partial charge is 0.282 e. The second kappa shape index (κ2) is 19.9. The SMILES string of the molecule is Cc1nc(C(F)F)c(C(=O)Cl)s1.Cc1nc(C(F)F)c(C(=O)Nc2ccccc2-c2ccc(F)c(Cl)c2)s1.Nc1ccccc1-c1ccc(F)c(Cl)c1.[Cl-]. The third-order valence-corrected chi connectivity index (χ3v) is 9.77. The van der Waals surface area contributed by atoms with Gasteiger partial charge in [-0.2, -0.15) is 0 Å². The fraction of sp³-hybridized carbons (Fsp3) is 0.111. The van der Waals surface area contributed by atoms with E-state index in [-0.39, 0.29) is 32.2 Å². The van der Waals surface area contributed by atoms with Gasteiger partial charge in [0.1, 0.15) is 32.8 Å². The Kier molecular flexibility index (Phi) is 16.3. The van der Waals surface area contributed by atoms with Gasteiger partial charge >= 0.3 is 0 Å². The average molecular weight is 866 g/mol. The standard InChI is InChI=1S/C18H12ClF3N2OS.C12H9ClFN.C6H4ClF2NOS.ClH/c1-9-23-15(17(21)22)16(26-9)18(25)24-14-5-3-2-4-11(14)10-6-7-13(20)12(19)8-10;13-10-7-8(5-6-11(10)14)9-3-1-2-4-12(9)15;1-2-10-3(6(8)9)4(12-2)5(7)11;/h2-8,17H,1H3,(H,24,25);1-7H,15H2;6H,1H3;1H/p-1. The van der Waals surface area contributed by atoms with E-state index in [1.807, 2.05) is 18.2 Å². The molecule has 2 heterocycles. The van der Waals surface area contributed by atoms with Crippen molar-refractivity contribution in [1.29, 1.82) is 0 Å². The summed E-state index contributed by atoms with van der Waals surface area (Å²) in [6.45, 7) is 3.10. The fourth-order valence-electron chi connectivity index (χ4n) is 4.60. The Labute approximate surface area is 334 Å². The van der Waals surface area contributed by atoms with E-state index >= 15 is 0 Å². The molecule has 0 unspecified atom stereocenters. The minimum absolute atomic E-state index is 0. The van der Waals surface area contributed by atoms with Crippen molar-refractivity contribution in [1.82, 2.24) is 9.97 Å². The van der Waals surface area contributed by atoms with E-state index in [0.717, 1.165) is 33.8 Å². The Balaban J connectivity index is 0.000000237. The number of carbonyl (C=O) groups is 2. The molecule has 284 valence electrons. The van der Waals surface area contributed by atoms with Crippen molar-refractivity contribution in [3.05, 3.63) is 138 Å². The summed E-state index contributed by atoms with van der Waals surface area (Å²) in [4.78, 5) is 30.0. The van der Waals surface area contributed by atoms with Crippen LogP contribution in [0.5, 0.6) is 0 Å². The summed E-state index contributed by atoms with van der Waals surface area (Å²) in [5.41, 5.74) is 8.65. The Morgan fingerprint density at radius 2 is 1.15 bits per heavy atom. The molecule has 6 nitrogen and oxygen atoms in total. The number of para-hydroxylation sites is 2. The zero-order valence-electron chi connectivity index (χ0n) is 27.6. The zero-order valence-corrected chi connectivity index (χ0v) is 32.3. The molecule has 0 spiro atoms. The molecule has 54 heavy (non-hydrogen) atoms. The molecule has 0 saturated carbocycles. The summed E-state index contributed by atoms with van der Waals surface area (Å²) in [7, 11) is 0. The summed E-state index contributed by atoms with van der Waals surface area (Å²) in [5.74, 6) is -1.65. The first kappa shape index (κ1) is 44.2. The lowest BCUT2D eigenvalue weighted by molar-refractivity contribution is -0.0000313. The lowest BCUT2D eigenvalue weighted by Gasteiger charge is -2.11. The molecule has 0 bridgehead atoms. The van der Waals surface area contributed by atoms with Gasteiger partial charge in [0.2, 0.25) is 0 Å². The number of carbonyl (C=O) groups excluding carboxylic acids is 2. The number of thiazole rings is 2. The molecule has 4 aromatic carbocycles. The van der Waals surface area contributed by atoms with Gasteiger partial charge in [0.15, 0.2) is 0 Å². The van der Waals surface area contributed by atoms with Crippen molar-refractivity contribution in [2.75, 3.05) is 11.1 Å². The fourth-order valence-corrected chi connectivity index (χ4v) is 6.75. The van der Waals surface area contributed by atoms with E-state index in [1.165, 1.54) is 24.3 Å². The van der Waals surface area contributed by atoms with Gasteiger partial charge in [-0.05, 0) is 73.0 Å². The highest BCUT2D eigenvalue weighted by atomic mass is 35.5. The van der Waals surface area contributed by atoms with Crippen LogP contribution in [0.2, 0.25) is 10.0 Å². The molecule has 0 fully saturated rings. The maximum absolute atomic E-state index is 13.4. The molecule has 0 aliphatic heterocycles. The number of benzene rings is 4. The lowest BCUT2D eigenvalue weighted by atomic mass is 10.0. The normalized spacial score (nSPS) is 10.5. The lowest BCUT2D eigenvalue weighted by Crippen LogP contribution is -3.00. The van der Waals surface area contributed by atoms with Gasteiger partial charge in [-0.15, -0.1) is 22.7 Å². The van der Waals surface area contributed by atoms with E-state index in [9.17, 15) is 35.9 Å². The first-order chi connectivity index (χ1) is 25.1. The number of hydrogen-bond acceptors (Lipinski definition) is 7. The highest BCUT2D eigenvalue weighted by molar-refractivity contribution is 7.15. The number of halogens is 10. The maximum Gasteiger partial charge on any atom is 0.282 e. The van der Waals surface area contributed by atoms with Crippen LogP contribution in [0.4, 0.5) is 37.7 Å². The van der Waals surface area contributed by atoms with E-state index in [0.29, 0.717) is 32.5 Å². The number of nitrogens with zero attached hydrogens (tertiary/aromatic N) is 2. The first-order valence-corrected chi connectivity index (χ1v) is 17.7. The summed E-state index contributed by atoms with van der Waals surface area (Å²) in [6.07, 6.45) is -5.58. The number of alkyl halides is 4. The molecule has 6 aromatic rings. The Hall–Kier alpha value is -4.18. The van der Waals surface area contributed by atoms with E-state index < -0.39 is 47.0 Å². The summed E-state index contributed by atoms with van der Waals surface area (Å²) >= 11 is 18.4. The average Bonchev–Trinajstić information content (AvgIpc) is 3.72. The third-order valence-electron chi connectivity index (χ3n) is 6.92. The second-order valence-corrected chi connectivity index (χ2v) is 14.2. The highest BCUT2D eigenvalue weighted by Crippen LogP contribution is 2.33. The molecular weight excluding hydrogens is 840 g/mol. The van der Waals surface area contributed by atoms with Crippen LogP contribution in [0.15, 0.2) is 84.9 Å². The van der Waals surface area contributed by atoms with Gasteiger partial charge in [-0.25, -0.2) is 36.3 Å². The van der Waals surface area contributed by atoms with Crippen LogP contribution in [0.3, 0.4) is 0 Å². The number of nitrogens with two attached hydrogens (primary N) is 1. The molecule has 0 saturated heterocycles. The number of aryl methyl sites for hydroxylation is 2. The van der Waals surface area contributed by atoms with Crippen molar-refractivity contribution >= 4 is 80.0 Å². The Morgan fingerprint density at radius 3 is 1.61 bits per heavy atom. The Morgan fingerprint density at radius 1 is 0.704 bits per heavy atom. The monoisotopic (exact) mass is 863 g/mol. The number of nitrogens with one attached hydrogen (secondary N) is 1. The Bertz CT molecular complexity index is 2260. The van der Waals surface area contributed by atoms with Crippen LogP contribution in [0.25, 0.3) is 22.3 Å². The maximum atomic E-state index is 13.4. The number of aromatic nitrogens is 2. The minimum Gasteiger partial charge on any atom is -1.00 e. The molecule has 0 radical (unpaired) electrons. The molecule has 1 amide bonds. The quantitative estimate of drug-likeness (QED) is 0.0947. The van der Waals surface area contributed by atoms with Crippen molar-refractivity contribution < 1.29 is 48.3 Å². The largest absolute Gasteiger partial charge is 1.00 e. The zero-order chi connectivity index (χ0) is 39.0. The van der Waals surface area contributed by atoms with Crippen LogP contribution in [-0.4, -0.2) is 21.1 Å². The van der Waals surface area contributed by atoms with Crippen molar-refractivity contribution in [2.45, 2.75) is 26.7 Å². The topological polar surface area (TPSA) is 98.0 Å². The number of anilines is 2. The van der Waals surface area contributed by atoms with Gasteiger partial charge < -0.3 is 23.5 Å². The van der Waals surface area contributed by atoms with Gasteiger partial charge in [0, 0.05) is 22.5 Å². The summed E-state index contributed by atoms with van der Waals surface area (Å²) in [5, 5.41) is 2.59. The highest BCUT2D eigenvalue weighted by Gasteiger charge is 2.24. The van der Waals surface area contributed by atoms with E-state index in [4.69, 9.17) is 40.5 Å². The van der Waals surface area contributed by atoms with E-state index in [2.05, 4.69) is 15.3 Å². The van der Waals surface area contributed by atoms with Crippen molar-refractivity contribution in [3.8, 4) is 22.3 Å². The molecule has 0 aliphatic carbocycles. The van der Waals surface area contributed by atoms with Gasteiger partial charge in [0.05, 0.1) is 20.1 Å². The van der Waals surface area contributed by atoms with Crippen LogP contribution in [-0.2, 0) is 0 Å².